The summed E-state index contributed by atoms with van der Waals surface area (Å²) in [6.07, 6.45) is 1.68. The molecule has 1 aromatic rings. The summed E-state index contributed by atoms with van der Waals surface area (Å²) in [5.41, 5.74) is 1.34. The Morgan fingerprint density at radius 3 is 2.83 bits per heavy atom. The van der Waals surface area contributed by atoms with Crippen molar-refractivity contribution in [3.05, 3.63) is 45.3 Å². The Kier molecular flexibility index (Phi) is 5.76. The highest BCUT2D eigenvalue weighted by molar-refractivity contribution is 9.10. The van der Waals surface area contributed by atoms with Gasteiger partial charge in [0, 0.05) is 5.70 Å². The zero-order valence-electron chi connectivity index (χ0n) is 12.9. The second-order valence-electron chi connectivity index (χ2n) is 5.23. The fraction of sp³-hybridized carbons (Fsp3) is 0.375. The predicted molar refractivity (Wildman–Crippen MR) is 87.1 cm³/mol. The van der Waals surface area contributed by atoms with Crippen molar-refractivity contribution in [2.75, 3.05) is 6.61 Å². The Morgan fingerprint density at radius 1 is 1.43 bits per heavy atom. The SMILES string of the molecule is CCCCOC(=O)C1=C(C)NC(=O)N[C@@H]1c1ccc(F)c(Br)c1. The van der Waals surface area contributed by atoms with E-state index in [2.05, 4.69) is 26.6 Å². The van der Waals surface area contributed by atoms with Crippen molar-refractivity contribution >= 4 is 27.9 Å². The number of carbonyl (C=O) groups excluding carboxylic acids is 2. The minimum atomic E-state index is -0.685. The van der Waals surface area contributed by atoms with Crippen molar-refractivity contribution in [1.29, 1.82) is 0 Å². The van der Waals surface area contributed by atoms with Crippen LogP contribution >= 0.6 is 15.9 Å². The number of benzene rings is 1. The highest BCUT2D eigenvalue weighted by atomic mass is 79.9. The minimum absolute atomic E-state index is 0.263. The van der Waals surface area contributed by atoms with Gasteiger partial charge in [0.25, 0.3) is 0 Å². The molecule has 1 aliphatic rings. The standard InChI is InChI=1S/C16H18BrFN2O3/c1-3-4-7-23-15(21)13-9(2)19-16(22)20-14(13)10-5-6-12(18)11(17)8-10/h5-6,8,14H,3-4,7H2,1-2H3,(H2,19,20,22)/t14-/m1/s1. The molecule has 2 amide bonds. The minimum Gasteiger partial charge on any atom is -0.462 e. The maximum Gasteiger partial charge on any atom is 0.338 e. The van der Waals surface area contributed by atoms with Crippen molar-refractivity contribution in [1.82, 2.24) is 10.6 Å². The quantitative estimate of drug-likeness (QED) is 0.602. The first-order chi connectivity index (χ1) is 10.9. The van der Waals surface area contributed by atoms with E-state index in [1.807, 2.05) is 6.92 Å². The number of esters is 1. The number of carbonyl (C=O) groups is 2. The molecule has 1 heterocycles. The lowest BCUT2D eigenvalue weighted by Crippen LogP contribution is -2.45. The molecule has 0 spiro atoms. The van der Waals surface area contributed by atoms with Gasteiger partial charge in [-0.2, -0.15) is 0 Å². The van der Waals surface area contributed by atoms with Crippen molar-refractivity contribution in [3.63, 3.8) is 0 Å². The van der Waals surface area contributed by atoms with Gasteiger partial charge >= 0.3 is 12.0 Å². The van der Waals surface area contributed by atoms with Crippen molar-refractivity contribution in [2.24, 2.45) is 0 Å². The molecule has 1 atom stereocenters. The van der Waals surface area contributed by atoms with Gasteiger partial charge in [0.15, 0.2) is 0 Å². The number of amides is 2. The average Bonchev–Trinajstić information content (AvgIpc) is 2.49. The van der Waals surface area contributed by atoms with Crippen LogP contribution in [0.25, 0.3) is 0 Å². The summed E-state index contributed by atoms with van der Waals surface area (Å²) < 4.78 is 19.0. The van der Waals surface area contributed by atoms with Gasteiger partial charge < -0.3 is 15.4 Å². The van der Waals surface area contributed by atoms with Crippen LogP contribution in [0.1, 0.15) is 38.3 Å². The van der Waals surface area contributed by atoms with Crippen LogP contribution in [0.2, 0.25) is 0 Å². The highest BCUT2D eigenvalue weighted by Crippen LogP contribution is 2.30. The normalized spacial score (nSPS) is 17.6. The number of urea groups is 1. The van der Waals surface area contributed by atoms with Crippen LogP contribution in [0.3, 0.4) is 0 Å². The molecule has 0 bridgehead atoms. The molecule has 1 aliphatic heterocycles. The summed E-state index contributed by atoms with van der Waals surface area (Å²) >= 11 is 3.12. The highest BCUT2D eigenvalue weighted by Gasteiger charge is 2.32. The van der Waals surface area contributed by atoms with Gasteiger partial charge in [0.2, 0.25) is 0 Å². The number of allylic oxidation sites excluding steroid dienone is 1. The molecule has 5 nitrogen and oxygen atoms in total. The monoisotopic (exact) mass is 384 g/mol. The van der Waals surface area contributed by atoms with E-state index in [0.29, 0.717) is 23.4 Å². The molecule has 1 aromatic carbocycles. The first-order valence-electron chi connectivity index (χ1n) is 7.34. The largest absolute Gasteiger partial charge is 0.462 e. The third kappa shape index (κ3) is 4.10. The number of halogens is 2. The van der Waals surface area contributed by atoms with E-state index in [4.69, 9.17) is 4.74 Å². The van der Waals surface area contributed by atoms with Crippen molar-refractivity contribution in [2.45, 2.75) is 32.7 Å². The lowest BCUT2D eigenvalue weighted by molar-refractivity contribution is -0.139. The molecule has 23 heavy (non-hydrogen) atoms. The molecule has 2 rings (SSSR count). The summed E-state index contributed by atoms with van der Waals surface area (Å²) in [4.78, 5) is 24.1. The molecule has 0 radical (unpaired) electrons. The molecular weight excluding hydrogens is 367 g/mol. The maximum absolute atomic E-state index is 13.4. The van der Waals surface area contributed by atoms with Crippen LogP contribution in [-0.2, 0) is 9.53 Å². The maximum atomic E-state index is 13.4. The summed E-state index contributed by atoms with van der Waals surface area (Å²) in [5, 5.41) is 5.25. The van der Waals surface area contributed by atoms with Gasteiger partial charge in [-0.3, -0.25) is 0 Å². The van der Waals surface area contributed by atoms with Gasteiger partial charge in [-0.25, -0.2) is 14.0 Å². The zero-order valence-corrected chi connectivity index (χ0v) is 14.5. The second kappa shape index (κ2) is 7.59. The smallest absolute Gasteiger partial charge is 0.338 e. The zero-order chi connectivity index (χ0) is 17.0. The first kappa shape index (κ1) is 17.5. The Labute approximate surface area is 142 Å². The third-order valence-corrected chi connectivity index (χ3v) is 4.10. The van der Waals surface area contributed by atoms with Crippen LogP contribution < -0.4 is 10.6 Å². The van der Waals surface area contributed by atoms with Gasteiger partial charge in [0.05, 0.1) is 22.7 Å². The number of hydrogen-bond donors (Lipinski definition) is 2. The van der Waals surface area contributed by atoms with Crippen molar-refractivity contribution < 1.29 is 18.7 Å². The summed E-state index contributed by atoms with van der Waals surface area (Å²) in [6.45, 7) is 3.96. The molecule has 0 aromatic heterocycles. The van der Waals surface area contributed by atoms with Gasteiger partial charge in [0.1, 0.15) is 5.82 Å². The van der Waals surface area contributed by atoms with Crippen LogP contribution in [0.15, 0.2) is 33.9 Å². The number of ether oxygens (including phenoxy) is 1. The van der Waals surface area contributed by atoms with Gasteiger partial charge in [-0.1, -0.05) is 19.4 Å². The number of rotatable bonds is 5. The van der Waals surface area contributed by atoms with Crippen molar-refractivity contribution in [3.8, 4) is 0 Å². The second-order valence-corrected chi connectivity index (χ2v) is 6.09. The molecule has 0 aliphatic carbocycles. The molecule has 124 valence electrons. The topological polar surface area (TPSA) is 67.4 Å². The first-order valence-corrected chi connectivity index (χ1v) is 8.13. The van der Waals surface area contributed by atoms with E-state index >= 15 is 0 Å². The van der Waals surface area contributed by atoms with E-state index in [0.717, 1.165) is 12.8 Å². The molecule has 0 saturated heterocycles. The Balaban J connectivity index is 2.33. The van der Waals surface area contributed by atoms with Crippen LogP contribution in [0.5, 0.6) is 0 Å². The molecular formula is C16H18BrFN2O3. The lowest BCUT2D eigenvalue weighted by Gasteiger charge is -2.28. The van der Waals surface area contributed by atoms with Gasteiger partial charge in [-0.05, 0) is 47.0 Å². The molecule has 0 unspecified atom stereocenters. The fourth-order valence-corrected chi connectivity index (χ4v) is 2.69. The molecule has 2 N–H and O–H groups in total. The fourth-order valence-electron chi connectivity index (χ4n) is 2.29. The molecule has 7 heteroatoms. The van der Waals surface area contributed by atoms with E-state index < -0.39 is 23.9 Å². The molecule has 0 saturated carbocycles. The van der Waals surface area contributed by atoms with E-state index in [1.54, 1.807) is 6.92 Å². The molecule has 0 fully saturated rings. The Hall–Kier alpha value is -1.89. The lowest BCUT2D eigenvalue weighted by atomic mass is 9.95. The van der Waals surface area contributed by atoms with E-state index in [9.17, 15) is 14.0 Å². The summed E-state index contributed by atoms with van der Waals surface area (Å²) in [6, 6.07) is 3.25. The van der Waals surface area contributed by atoms with Crippen LogP contribution in [0, 0.1) is 5.82 Å². The number of nitrogens with one attached hydrogen (secondary N) is 2. The number of hydrogen-bond acceptors (Lipinski definition) is 3. The van der Waals surface area contributed by atoms with Crippen LogP contribution in [0.4, 0.5) is 9.18 Å². The average molecular weight is 385 g/mol. The predicted octanol–water partition coefficient (Wildman–Crippen LogP) is 3.56. The Morgan fingerprint density at radius 2 is 2.17 bits per heavy atom. The third-order valence-electron chi connectivity index (χ3n) is 3.50. The van der Waals surface area contributed by atoms with Crippen LogP contribution in [-0.4, -0.2) is 18.6 Å². The summed E-state index contributed by atoms with van der Waals surface area (Å²) in [5.74, 6) is -0.907. The van der Waals surface area contributed by atoms with Gasteiger partial charge in [-0.15, -0.1) is 0 Å². The Bertz CT molecular complexity index is 661. The van der Waals surface area contributed by atoms with E-state index in [1.165, 1.54) is 18.2 Å². The number of unbranched alkanes of at least 4 members (excludes halogenated alkanes) is 1. The van der Waals surface area contributed by atoms with E-state index in [-0.39, 0.29) is 4.47 Å². The summed E-state index contributed by atoms with van der Waals surface area (Å²) in [7, 11) is 0.